The molecule has 0 aromatic heterocycles. The molecule has 0 amide bonds. The number of rotatable bonds is 3. The zero-order chi connectivity index (χ0) is 12.3. The highest BCUT2D eigenvalue weighted by Gasteiger charge is 2.23. The van der Waals surface area contributed by atoms with E-state index in [1.54, 1.807) is 0 Å². The second kappa shape index (κ2) is 5.91. The number of halogens is 1. The van der Waals surface area contributed by atoms with Crippen LogP contribution in [-0.2, 0) is 6.42 Å². The molecule has 2 atom stereocenters. The fraction of sp³-hybridized carbons (Fsp3) is 0.625. The summed E-state index contributed by atoms with van der Waals surface area (Å²) < 4.78 is 0. The Hall–Kier alpha value is -0.490. The standard InChI is InChI=1S/C16H23Cl/c1-12(2)14-9-7-13(8-10-14)11-15-5-3-4-6-16(15)17/h7-10,12,15-16H,3-6,11H2,1-2H3. The molecule has 0 heterocycles. The monoisotopic (exact) mass is 250 g/mol. The van der Waals surface area contributed by atoms with Crippen LogP contribution in [0.5, 0.6) is 0 Å². The average Bonchev–Trinajstić information content (AvgIpc) is 2.33. The van der Waals surface area contributed by atoms with E-state index in [0.29, 0.717) is 17.2 Å². The summed E-state index contributed by atoms with van der Waals surface area (Å²) in [6.45, 7) is 4.48. The van der Waals surface area contributed by atoms with E-state index < -0.39 is 0 Å². The largest absolute Gasteiger partial charge is 0.123 e. The van der Waals surface area contributed by atoms with Gasteiger partial charge in [0.25, 0.3) is 0 Å². The smallest absolute Gasteiger partial charge is 0.0367 e. The van der Waals surface area contributed by atoms with Gasteiger partial charge in [-0.15, -0.1) is 11.6 Å². The zero-order valence-corrected chi connectivity index (χ0v) is 11.7. The quantitative estimate of drug-likeness (QED) is 0.651. The second-order valence-corrected chi connectivity index (χ2v) is 6.22. The van der Waals surface area contributed by atoms with Crippen molar-refractivity contribution in [3.8, 4) is 0 Å². The number of hydrogen-bond donors (Lipinski definition) is 0. The Morgan fingerprint density at radius 1 is 1.12 bits per heavy atom. The summed E-state index contributed by atoms with van der Waals surface area (Å²) in [5.74, 6) is 1.31. The average molecular weight is 251 g/mol. The van der Waals surface area contributed by atoms with Crippen molar-refractivity contribution in [1.82, 2.24) is 0 Å². The maximum atomic E-state index is 6.41. The topological polar surface area (TPSA) is 0 Å². The van der Waals surface area contributed by atoms with E-state index in [1.165, 1.54) is 36.8 Å². The number of hydrogen-bond acceptors (Lipinski definition) is 0. The molecule has 1 heteroatoms. The molecule has 1 aromatic carbocycles. The molecule has 0 bridgehead atoms. The first-order valence-electron chi connectivity index (χ1n) is 6.89. The molecular formula is C16H23Cl. The summed E-state index contributed by atoms with van der Waals surface area (Å²) in [6.07, 6.45) is 6.35. The molecule has 1 aliphatic carbocycles. The van der Waals surface area contributed by atoms with Gasteiger partial charge in [0.1, 0.15) is 0 Å². The molecule has 2 rings (SSSR count). The van der Waals surface area contributed by atoms with Crippen LogP contribution in [-0.4, -0.2) is 5.38 Å². The van der Waals surface area contributed by atoms with Gasteiger partial charge in [0, 0.05) is 5.38 Å². The predicted molar refractivity (Wildman–Crippen MR) is 75.8 cm³/mol. The van der Waals surface area contributed by atoms with Crippen molar-refractivity contribution in [2.45, 2.75) is 57.2 Å². The van der Waals surface area contributed by atoms with Crippen molar-refractivity contribution in [2.24, 2.45) is 5.92 Å². The Labute approximate surface area is 110 Å². The molecule has 17 heavy (non-hydrogen) atoms. The molecule has 1 aromatic rings. The van der Waals surface area contributed by atoms with Gasteiger partial charge in [0.05, 0.1) is 0 Å². The lowest BCUT2D eigenvalue weighted by Gasteiger charge is -2.27. The molecule has 0 saturated heterocycles. The van der Waals surface area contributed by atoms with Crippen molar-refractivity contribution < 1.29 is 0 Å². The Morgan fingerprint density at radius 3 is 2.35 bits per heavy atom. The number of benzene rings is 1. The van der Waals surface area contributed by atoms with Gasteiger partial charge in [0.15, 0.2) is 0 Å². The van der Waals surface area contributed by atoms with Crippen LogP contribution >= 0.6 is 11.6 Å². The van der Waals surface area contributed by atoms with Crippen molar-refractivity contribution in [2.75, 3.05) is 0 Å². The highest BCUT2D eigenvalue weighted by atomic mass is 35.5. The zero-order valence-electron chi connectivity index (χ0n) is 11.0. The van der Waals surface area contributed by atoms with Gasteiger partial charge < -0.3 is 0 Å². The Bertz CT molecular complexity index is 339. The van der Waals surface area contributed by atoms with Crippen LogP contribution in [0, 0.1) is 5.92 Å². The van der Waals surface area contributed by atoms with E-state index in [4.69, 9.17) is 11.6 Å². The molecule has 0 aliphatic heterocycles. The highest BCUT2D eigenvalue weighted by Crippen LogP contribution is 2.31. The third kappa shape index (κ3) is 3.48. The van der Waals surface area contributed by atoms with Crippen LogP contribution in [0.15, 0.2) is 24.3 Å². The first kappa shape index (κ1) is 13.0. The van der Waals surface area contributed by atoms with E-state index in [1.807, 2.05) is 0 Å². The summed E-state index contributed by atoms with van der Waals surface area (Å²) in [7, 11) is 0. The van der Waals surface area contributed by atoms with E-state index >= 15 is 0 Å². The van der Waals surface area contributed by atoms with E-state index in [-0.39, 0.29) is 0 Å². The summed E-state index contributed by atoms with van der Waals surface area (Å²) >= 11 is 6.41. The molecule has 0 spiro atoms. The van der Waals surface area contributed by atoms with Crippen molar-refractivity contribution in [3.63, 3.8) is 0 Å². The third-order valence-corrected chi connectivity index (χ3v) is 4.54. The molecule has 0 radical (unpaired) electrons. The molecule has 94 valence electrons. The molecule has 0 nitrogen and oxygen atoms in total. The van der Waals surface area contributed by atoms with Gasteiger partial charge in [-0.05, 0) is 42.2 Å². The second-order valence-electron chi connectivity index (χ2n) is 5.66. The fourth-order valence-corrected chi connectivity index (χ4v) is 3.10. The minimum atomic E-state index is 0.397. The van der Waals surface area contributed by atoms with Crippen LogP contribution in [0.2, 0.25) is 0 Å². The minimum absolute atomic E-state index is 0.397. The number of alkyl halides is 1. The lowest BCUT2D eigenvalue weighted by Crippen LogP contribution is -2.21. The van der Waals surface area contributed by atoms with E-state index in [2.05, 4.69) is 38.1 Å². The summed E-state index contributed by atoms with van der Waals surface area (Å²) in [4.78, 5) is 0. The van der Waals surface area contributed by atoms with Crippen LogP contribution in [0.25, 0.3) is 0 Å². The van der Waals surface area contributed by atoms with Crippen LogP contribution in [0.4, 0.5) is 0 Å². The summed E-state index contributed by atoms with van der Waals surface area (Å²) in [5, 5.41) is 0.397. The van der Waals surface area contributed by atoms with Gasteiger partial charge in [-0.25, -0.2) is 0 Å². The first-order chi connectivity index (χ1) is 8.16. The van der Waals surface area contributed by atoms with Gasteiger partial charge >= 0.3 is 0 Å². The Morgan fingerprint density at radius 2 is 1.76 bits per heavy atom. The molecule has 2 unspecified atom stereocenters. The minimum Gasteiger partial charge on any atom is -0.123 e. The lowest BCUT2D eigenvalue weighted by atomic mass is 9.84. The van der Waals surface area contributed by atoms with Crippen molar-refractivity contribution in [3.05, 3.63) is 35.4 Å². The maximum Gasteiger partial charge on any atom is 0.0367 e. The maximum absolute atomic E-state index is 6.41. The van der Waals surface area contributed by atoms with Gasteiger partial charge in [-0.3, -0.25) is 0 Å². The summed E-state index contributed by atoms with van der Waals surface area (Å²) in [5.41, 5.74) is 2.88. The summed E-state index contributed by atoms with van der Waals surface area (Å²) in [6, 6.07) is 9.11. The third-order valence-electron chi connectivity index (χ3n) is 3.96. The normalized spacial score (nSPS) is 25.2. The van der Waals surface area contributed by atoms with Crippen LogP contribution < -0.4 is 0 Å². The highest BCUT2D eigenvalue weighted by molar-refractivity contribution is 6.20. The van der Waals surface area contributed by atoms with Crippen LogP contribution in [0.3, 0.4) is 0 Å². The molecule has 0 N–H and O–H groups in total. The Kier molecular flexibility index (Phi) is 4.50. The lowest BCUT2D eigenvalue weighted by molar-refractivity contribution is 0.364. The van der Waals surface area contributed by atoms with E-state index in [9.17, 15) is 0 Å². The molecule has 1 fully saturated rings. The SMILES string of the molecule is CC(C)c1ccc(CC2CCCCC2Cl)cc1. The predicted octanol–water partition coefficient (Wildman–Crippen LogP) is 5.15. The van der Waals surface area contributed by atoms with E-state index in [0.717, 1.165) is 6.42 Å². The first-order valence-corrected chi connectivity index (χ1v) is 7.33. The molecule has 1 saturated carbocycles. The van der Waals surface area contributed by atoms with Gasteiger partial charge in [-0.2, -0.15) is 0 Å². The van der Waals surface area contributed by atoms with Crippen molar-refractivity contribution >= 4 is 11.6 Å². The van der Waals surface area contributed by atoms with Gasteiger partial charge in [-0.1, -0.05) is 51.0 Å². The van der Waals surface area contributed by atoms with Crippen LogP contribution in [0.1, 0.15) is 56.6 Å². The molecule has 1 aliphatic rings. The van der Waals surface area contributed by atoms with Gasteiger partial charge in [0.2, 0.25) is 0 Å². The van der Waals surface area contributed by atoms with Crippen molar-refractivity contribution in [1.29, 1.82) is 0 Å². The fourth-order valence-electron chi connectivity index (χ4n) is 2.73. The Balaban J connectivity index is 1.98. The molecular weight excluding hydrogens is 228 g/mol.